The minimum absolute atomic E-state index is 0.0589. The number of rotatable bonds is 4. The summed E-state index contributed by atoms with van der Waals surface area (Å²) in [7, 11) is -3.04. The van der Waals surface area contributed by atoms with Crippen molar-refractivity contribution < 1.29 is 13.2 Å². The van der Waals surface area contributed by atoms with Crippen LogP contribution in [0.5, 0.6) is 0 Å². The number of aliphatic imine (C=N–C) groups is 1. The minimum atomic E-state index is -3.04. The largest absolute Gasteiger partial charge is 0.342 e. The summed E-state index contributed by atoms with van der Waals surface area (Å²) < 4.78 is 24.3. The van der Waals surface area contributed by atoms with Crippen molar-refractivity contribution in [2.75, 3.05) is 11.5 Å². The molecular weight excluding hydrogens is 404 g/mol. The third kappa shape index (κ3) is 4.73. The first kappa shape index (κ1) is 20.2. The van der Waals surface area contributed by atoms with E-state index in [2.05, 4.69) is 4.99 Å². The quantitative estimate of drug-likeness (QED) is 0.748. The maximum atomic E-state index is 12.6. The number of fused-ring (bicyclic) bond motifs is 1. The van der Waals surface area contributed by atoms with Crippen molar-refractivity contribution in [2.45, 2.75) is 38.1 Å². The average Bonchev–Trinajstić information content (AvgIpc) is 3.11. The van der Waals surface area contributed by atoms with Crippen molar-refractivity contribution in [1.29, 1.82) is 0 Å². The lowest BCUT2D eigenvalue weighted by Gasteiger charge is -2.24. The van der Waals surface area contributed by atoms with Gasteiger partial charge in [-0.2, -0.15) is 4.99 Å². The molecule has 0 aromatic heterocycles. The maximum absolute atomic E-state index is 12.6. The van der Waals surface area contributed by atoms with Gasteiger partial charge in [-0.15, -0.1) is 0 Å². The predicted octanol–water partition coefficient (Wildman–Crippen LogP) is 3.14. The fraction of sp³-hybridized carbons (Fsp3) is 0.364. The van der Waals surface area contributed by atoms with Gasteiger partial charge in [0.05, 0.1) is 24.0 Å². The van der Waals surface area contributed by atoms with E-state index in [4.69, 9.17) is 0 Å². The number of nitrogens with zero attached hydrogens (tertiary/aromatic N) is 2. The van der Waals surface area contributed by atoms with E-state index in [0.717, 1.165) is 16.7 Å². The Kier molecular flexibility index (Phi) is 5.53. The molecule has 0 aliphatic carbocycles. The number of carbonyl (C=O) groups is 1. The van der Waals surface area contributed by atoms with Gasteiger partial charge in [-0.1, -0.05) is 71.4 Å². The lowest BCUT2D eigenvalue weighted by molar-refractivity contribution is -0.117. The highest BCUT2D eigenvalue weighted by molar-refractivity contribution is 8.15. The molecule has 0 saturated carbocycles. The highest BCUT2D eigenvalue weighted by atomic mass is 32.2. The number of thioether (sulfide) groups is 1. The fourth-order valence-corrected chi connectivity index (χ4v) is 7.71. The van der Waals surface area contributed by atoms with Crippen LogP contribution in [0, 0.1) is 13.8 Å². The Hall–Kier alpha value is -2.12. The summed E-state index contributed by atoms with van der Waals surface area (Å²) in [4.78, 5) is 19.0. The number of hydrogen-bond donors (Lipinski definition) is 0. The van der Waals surface area contributed by atoms with Crippen molar-refractivity contribution in [1.82, 2.24) is 4.90 Å². The van der Waals surface area contributed by atoms with E-state index in [1.165, 1.54) is 17.3 Å². The van der Waals surface area contributed by atoms with Crippen molar-refractivity contribution >= 4 is 32.7 Å². The number of amidine groups is 1. The summed E-state index contributed by atoms with van der Waals surface area (Å²) in [6, 6.07) is 15.9. The third-order valence-corrected chi connectivity index (χ3v) is 8.59. The minimum Gasteiger partial charge on any atom is -0.342 e. The number of amides is 1. The van der Waals surface area contributed by atoms with E-state index in [-0.39, 0.29) is 35.1 Å². The lowest BCUT2D eigenvalue weighted by Crippen LogP contribution is -2.37. The summed E-state index contributed by atoms with van der Waals surface area (Å²) in [6.45, 7) is 4.60. The summed E-state index contributed by atoms with van der Waals surface area (Å²) in [5, 5.41) is 0.587. The molecule has 0 radical (unpaired) electrons. The summed E-state index contributed by atoms with van der Waals surface area (Å²) in [5.74, 6) is 0.0765. The van der Waals surface area contributed by atoms with Gasteiger partial charge in [-0.25, -0.2) is 8.42 Å². The van der Waals surface area contributed by atoms with Gasteiger partial charge in [-0.05, 0) is 25.0 Å². The molecule has 152 valence electrons. The molecule has 29 heavy (non-hydrogen) atoms. The molecule has 1 amide bonds. The van der Waals surface area contributed by atoms with E-state index in [9.17, 15) is 13.2 Å². The molecular formula is C22H24N2O3S2. The van der Waals surface area contributed by atoms with Crippen molar-refractivity contribution in [3.8, 4) is 0 Å². The molecule has 0 N–H and O–H groups in total. The van der Waals surface area contributed by atoms with Crippen LogP contribution in [0.25, 0.3) is 0 Å². The van der Waals surface area contributed by atoms with Gasteiger partial charge < -0.3 is 4.90 Å². The van der Waals surface area contributed by atoms with Crippen LogP contribution in [-0.2, 0) is 27.6 Å². The standard InChI is InChI=1S/C22H24N2O3S2/c1-15-3-7-17(8-4-15)11-21(25)23-22-24(12-18-9-5-16(2)6-10-18)19-13-29(26,27)14-20(19)28-22/h3-10,19-20H,11-14H2,1-2H3. The molecule has 2 aromatic rings. The molecule has 2 aromatic carbocycles. The Morgan fingerprint density at radius 2 is 1.59 bits per heavy atom. The summed E-state index contributed by atoms with van der Waals surface area (Å²) in [5.41, 5.74) is 4.34. The SMILES string of the molecule is Cc1ccc(CC(=O)N=C2SC3CS(=O)(=O)CC3N2Cc2ccc(C)cc2)cc1. The van der Waals surface area contributed by atoms with E-state index in [1.54, 1.807) is 0 Å². The van der Waals surface area contributed by atoms with Crippen LogP contribution in [-0.4, -0.2) is 47.2 Å². The molecule has 2 unspecified atom stereocenters. The molecule has 0 bridgehead atoms. The second kappa shape index (κ2) is 7.95. The van der Waals surface area contributed by atoms with Gasteiger partial charge in [0.2, 0.25) is 0 Å². The first-order valence-electron chi connectivity index (χ1n) is 9.65. The topological polar surface area (TPSA) is 66.8 Å². The highest BCUT2D eigenvalue weighted by Gasteiger charge is 2.48. The van der Waals surface area contributed by atoms with Gasteiger partial charge in [-0.3, -0.25) is 4.79 Å². The Balaban J connectivity index is 1.56. The van der Waals surface area contributed by atoms with Gasteiger partial charge in [0.1, 0.15) is 0 Å². The molecule has 7 heteroatoms. The number of aryl methyl sites for hydroxylation is 2. The Morgan fingerprint density at radius 1 is 1.00 bits per heavy atom. The van der Waals surface area contributed by atoms with Crippen LogP contribution in [0.2, 0.25) is 0 Å². The fourth-order valence-electron chi connectivity index (χ4n) is 3.74. The second-order valence-electron chi connectivity index (χ2n) is 7.86. The number of hydrogen-bond acceptors (Lipinski definition) is 4. The normalized spacial score (nSPS) is 24.1. The molecule has 5 nitrogen and oxygen atoms in total. The van der Waals surface area contributed by atoms with Gasteiger partial charge in [0.25, 0.3) is 5.91 Å². The van der Waals surface area contributed by atoms with Gasteiger partial charge in [0.15, 0.2) is 15.0 Å². The van der Waals surface area contributed by atoms with Crippen LogP contribution in [0.1, 0.15) is 22.3 Å². The van der Waals surface area contributed by atoms with E-state index in [0.29, 0.717) is 11.7 Å². The molecule has 2 heterocycles. The lowest BCUT2D eigenvalue weighted by atomic mass is 10.1. The Labute approximate surface area is 176 Å². The first-order valence-corrected chi connectivity index (χ1v) is 12.4. The molecule has 2 aliphatic rings. The Bertz CT molecular complexity index is 1040. The number of benzene rings is 2. The zero-order valence-corrected chi connectivity index (χ0v) is 18.2. The molecule has 2 saturated heterocycles. The van der Waals surface area contributed by atoms with E-state index >= 15 is 0 Å². The molecule has 4 rings (SSSR count). The van der Waals surface area contributed by atoms with Crippen LogP contribution >= 0.6 is 11.8 Å². The molecule has 2 atom stereocenters. The van der Waals surface area contributed by atoms with E-state index < -0.39 is 9.84 Å². The third-order valence-electron chi connectivity index (χ3n) is 5.34. The van der Waals surface area contributed by atoms with Crippen molar-refractivity contribution in [2.24, 2.45) is 4.99 Å². The maximum Gasteiger partial charge on any atom is 0.252 e. The Morgan fingerprint density at radius 3 is 2.21 bits per heavy atom. The molecule has 2 aliphatic heterocycles. The molecule has 2 fully saturated rings. The van der Waals surface area contributed by atoms with E-state index in [1.807, 2.05) is 67.3 Å². The second-order valence-corrected chi connectivity index (χ2v) is 11.2. The van der Waals surface area contributed by atoms with Gasteiger partial charge >= 0.3 is 0 Å². The predicted molar refractivity (Wildman–Crippen MR) is 118 cm³/mol. The van der Waals surface area contributed by atoms with Crippen LogP contribution in [0.3, 0.4) is 0 Å². The van der Waals surface area contributed by atoms with Crippen LogP contribution in [0.15, 0.2) is 53.5 Å². The monoisotopic (exact) mass is 428 g/mol. The van der Waals surface area contributed by atoms with Crippen molar-refractivity contribution in [3.63, 3.8) is 0 Å². The molecule has 0 spiro atoms. The van der Waals surface area contributed by atoms with Crippen LogP contribution in [0.4, 0.5) is 0 Å². The first-order chi connectivity index (χ1) is 13.8. The summed E-state index contributed by atoms with van der Waals surface area (Å²) >= 11 is 1.43. The number of sulfone groups is 1. The van der Waals surface area contributed by atoms with Crippen LogP contribution < -0.4 is 0 Å². The highest BCUT2D eigenvalue weighted by Crippen LogP contribution is 2.39. The van der Waals surface area contributed by atoms with Crippen molar-refractivity contribution in [3.05, 3.63) is 70.8 Å². The van der Waals surface area contributed by atoms with Gasteiger partial charge in [0, 0.05) is 11.8 Å². The number of carbonyl (C=O) groups excluding carboxylic acids is 1. The summed E-state index contributed by atoms with van der Waals surface area (Å²) in [6.07, 6.45) is 0.246. The zero-order chi connectivity index (χ0) is 20.6. The zero-order valence-electron chi connectivity index (χ0n) is 16.5. The average molecular weight is 429 g/mol. The smallest absolute Gasteiger partial charge is 0.252 e.